The molecule has 1 aromatic rings. The molecule has 1 amide bonds. The summed E-state index contributed by atoms with van der Waals surface area (Å²) in [7, 11) is 0. The monoisotopic (exact) mass is 547 g/mol. The van der Waals surface area contributed by atoms with E-state index in [1.807, 2.05) is 4.90 Å². The van der Waals surface area contributed by atoms with Crippen molar-refractivity contribution in [2.24, 2.45) is 4.99 Å². The summed E-state index contributed by atoms with van der Waals surface area (Å²) in [5.74, 6) is 0.805. The first-order chi connectivity index (χ1) is 14.5. The largest absolute Gasteiger partial charge is 0.367 e. The molecule has 7 nitrogen and oxygen atoms in total. The van der Waals surface area contributed by atoms with E-state index in [0.29, 0.717) is 13.1 Å². The molecule has 0 radical (unpaired) electrons. The van der Waals surface area contributed by atoms with E-state index in [0.717, 1.165) is 57.3 Å². The smallest absolute Gasteiger partial charge is 0.219 e. The molecular formula is C22H35FIN5O2. The highest BCUT2D eigenvalue weighted by atomic mass is 127. The molecule has 1 aromatic carbocycles. The fourth-order valence-corrected chi connectivity index (χ4v) is 4.00. The summed E-state index contributed by atoms with van der Waals surface area (Å²) < 4.78 is 19.4. The van der Waals surface area contributed by atoms with Gasteiger partial charge in [0.25, 0.3) is 0 Å². The van der Waals surface area contributed by atoms with Crippen LogP contribution in [0.2, 0.25) is 0 Å². The molecule has 3 rings (SSSR count). The van der Waals surface area contributed by atoms with Gasteiger partial charge in [-0.05, 0) is 31.5 Å². The Balaban J connectivity index is 0.00000341. The van der Waals surface area contributed by atoms with Crippen molar-refractivity contribution in [3.05, 3.63) is 35.6 Å². The lowest BCUT2D eigenvalue weighted by Gasteiger charge is -2.39. The third kappa shape index (κ3) is 7.57. The van der Waals surface area contributed by atoms with E-state index in [1.165, 1.54) is 12.1 Å². The van der Waals surface area contributed by atoms with Gasteiger partial charge in [-0.2, -0.15) is 0 Å². The van der Waals surface area contributed by atoms with E-state index in [9.17, 15) is 9.18 Å². The maximum atomic E-state index is 13.3. The first-order valence-corrected chi connectivity index (χ1v) is 10.9. The second kappa shape index (κ2) is 12.5. The molecule has 0 aromatic heterocycles. The molecule has 2 unspecified atom stereocenters. The van der Waals surface area contributed by atoms with Crippen molar-refractivity contribution in [3.63, 3.8) is 0 Å². The van der Waals surface area contributed by atoms with Crippen molar-refractivity contribution in [2.45, 2.75) is 33.0 Å². The number of aliphatic imine (C=N–C) groups is 1. The van der Waals surface area contributed by atoms with Crippen molar-refractivity contribution in [2.75, 3.05) is 58.9 Å². The number of nitrogens with one attached hydrogen (secondary N) is 1. The topological polar surface area (TPSA) is 60.4 Å². The Morgan fingerprint density at radius 2 is 1.84 bits per heavy atom. The highest BCUT2D eigenvalue weighted by Gasteiger charge is 2.28. The van der Waals surface area contributed by atoms with Gasteiger partial charge in [0, 0.05) is 52.7 Å². The second-order valence-electron chi connectivity index (χ2n) is 7.98. The molecule has 2 saturated heterocycles. The molecule has 2 heterocycles. The predicted molar refractivity (Wildman–Crippen MR) is 131 cm³/mol. The minimum atomic E-state index is -0.237. The van der Waals surface area contributed by atoms with Crippen LogP contribution >= 0.6 is 24.0 Å². The molecule has 0 spiro atoms. The molecule has 174 valence electrons. The first kappa shape index (κ1) is 25.8. The Morgan fingerprint density at radius 3 is 2.45 bits per heavy atom. The van der Waals surface area contributed by atoms with Crippen LogP contribution in [0.4, 0.5) is 4.39 Å². The highest BCUT2D eigenvalue weighted by Crippen LogP contribution is 2.25. The van der Waals surface area contributed by atoms with E-state index in [-0.39, 0.29) is 47.9 Å². The van der Waals surface area contributed by atoms with Crippen LogP contribution in [0, 0.1) is 5.82 Å². The van der Waals surface area contributed by atoms with Gasteiger partial charge in [0.05, 0.1) is 19.2 Å². The zero-order chi connectivity index (χ0) is 21.5. The lowest BCUT2D eigenvalue weighted by Crippen LogP contribution is -2.51. The van der Waals surface area contributed by atoms with Crippen LogP contribution < -0.4 is 5.32 Å². The number of nitrogens with zero attached hydrogens (tertiary/aromatic N) is 4. The summed E-state index contributed by atoms with van der Waals surface area (Å²) in [5, 5.41) is 3.40. The van der Waals surface area contributed by atoms with Crippen molar-refractivity contribution >= 4 is 35.8 Å². The highest BCUT2D eigenvalue weighted by molar-refractivity contribution is 14.0. The number of guanidine groups is 1. The molecule has 0 bridgehead atoms. The van der Waals surface area contributed by atoms with Gasteiger partial charge in [-0.3, -0.25) is 14.7 Å². The molecule has 0 saturated carbocycles. The Labute approximate surface area is 202 Å². The predicted octanol–water partition coefficient (Wildman–Crippen LogP) is 2.34. The molecule has 2 fully saturated rings. The number of amides is 1. The molecule has 31 heavy (non-hydrogen) atoms. The number of hydrogen-bond donors (Lipinski definition) is 1. The van der Waals surface area contributed by atoms with Gasteiger partial charge in [0.2, 0.25) is 5.91 Å². The molecular weight excluding hydrogens is 512 g/mol. The maximum Gasteiger partial charge on any atom is 0.219 e. The van der Waals surface area contributed by atoms with Gasteiger partial charge >= 0.3 is 0 Å². The normalized spacial score (nSPS) is 22.8. The summed E-state index contributed by atoms with van der Waals surface area (Å²) in [6, 6.07) is 6.54. The minimum Gasteiger partial charge on any atom is -0.367 e. The number of carbonyl (C=O) groups excluding carboxylic acids is 1. The van der Waals surface area contributed by atoms with Gasteiger partial charge in [0.15, 0.2) is 5.96 Å². The zero-order valence-corrected chi connectivity index (χ0v) is 21.0. The molecule has 2 atom stereocenters. The number of morpholine rings is 1. The second-order valence-corrected chi connectivity index (χ2v) is 7.98. The van der Waals surface area contributed by atoms with E-state index < -0.39 is 0 Å². The van der Waals surface area contributed by atoms with Gasteiger partial charge < -0.3 is 19.9 Å². The number of benzene rings is 1. The fraction of sp³-hybridized carbons (Fsp3) is 0.636. The van der Waals surface area contributed by atoms with Crippen molar-refractivity contribution in [1.82, 2.24) is 20.0 Å². The average molecular weight is 547 g/mol. The van der Waals surface area contributed by atoms with E-state index >= 15 is 0 Å². The molecule has 9 heteroatoms. The number of hydrogen-bond acceptors (Lipinski definition) is 4. The van der Waals surface area contributed by atoms with Crippen LogP contribution in [-0.4, -0.2) is 91.6 Å². The minimum absolute atomic E-state index is 0. The standard InChI is InChI=1S/C22H34FN5O2.HI/c1-4-24-22(25-9-10-26-11-13-27(14-12-26)18(3)29)28-15-17(2)30-21(16-28)19-5-7-20(23)8-6-19;/h5-8,17,21H,4,9-16H2,1-3H3,(H,24,25);1H. The summed E-state index contributed by atoms with van der Waals surface area (Å²) in [4.78, 5) is 22.8. The van der Waals surface area contributed by atoms with Crippen LogP contribution in [-0.2, 0) is 9.53 Å². The van der Waals surface area contributed by atoms with Crippen molar-refractivity contribution in [3.8, 4) is 0 Å². The number of carbonyl (C=O) groups is 1. The van der Waals surface area contributed by atoms with Crippen LogP contribution in [0.5, 0.6) is 0 Å². The Morgan fingerprint density at radius 1 is 1.16 bits per heavy atom. The van der Waals surface area contributed by atoms with Crippen LogP contribution in [0.3, 0.4) is 0 Å². The van der Waals surface area contributed by atoms with E-state index in [1.54, 1.807) is 19.1 Å². The van der Waals surface area contributed by atoms with Crippen LogP contribution in [0.15, 0.2) is 29.3 Å². The SMILES string of the molecule is CCNC(=NCCN1CCN(C(C)=O)CC1)N1CC(C)OC(c2ccc(F)cc2)C1.I. The quantitative estimate of drug-likeness (QED) is 0.349. The number of halogens is 2. The lowest BCUT2D eigenvalue weighted by molar-refractivity contribution is -0.130. The summed E-state index contributed by atoms with van der Waals surface area (Å²) in [6.45, 7) is 12.9. The van der Waals surface area contributed by atoms with Gasteiger partial charge in [-0.25, -0.2) is 4.39 Å². The summed E-state index contributed by atoms with van der Waals surface area (Å²) in [5.41, 5.74) is 0.979. The van der Waals surface area contributed by atoms with E-state index in [4.69, 9.17) is 9.73 Å². The third-order valence-corrected chi connectivity index (χ3v) is 5.63. The van der Waals surface area contributed by atoms with Crippen LogP contribution in [0.25, 0.3) is 0 Å². The van der Waals surface area contributed by atoms with Crippen molar-refractivity contribution in [1.29, 1.82) is 0 Å². The molecule has 2 aliphatic rings. The Bertz CT molecular complexity index is 725. The van der Waals surface area contributed by atoms with Gasteiger partial charge in [-0.15, -0.1) is 24.0 Å². The summed E-state index contributed by atoms with van der Waals surface area (Å²) in [6.07, 6.45) is -0.0600. The molecule has 1 N–H and O–H groups in total. The van der Waals surface area contributed by atoms with Gasteiger partial charge in [-0.1, -0.05) is 12.1 Å². The first-order valence-electron chi connectivity index (χ1n) is 10.9. The Kier molecular flexibility index (Phi) is 10.4. The number of piperazine rings is 1. The zero-order valence-electron chi connectivity index (χ0n) is 18.7. The van der Waals surface area contributed by atoms with Crippen LogP contribution in [0.1, 0.15) is 32.4 Å². The maximum absolute atomic E-state index is 13.3. The third-order valence-electron chi connectivity index (χ3n) is 5.63. The average Bonchev–Trinajstić information content (AvgIpc) is 2.73. The fourth-order valence-electron chi connectivity index (χ4n) is 4.00. The van der Waals surface area contributed by atoms with Gasteiger partial charge in [0.1, 0.15) is 11.9 Å². The Hall–Kier alpha value is -1.46. The van der Waals surface area contributed by atoms with E-state index in [2.05, 4.69) is 29.0 Å². The number of ether oxygens (including phenoxy) is 1. The number of rotatable bonds is 5. The molecule has 2 aliphatic heterocycles. The molecule has 0 aliphatic carbocycles. The summed E-state index contributed by atoms with van der Waals surface area (Å²) >= 11 is 0. The lowest BCUT2D eigenvalue weighted by atomic mass is 10.1. The van der Waals surface area contributed by atoms with Crippen molar-refractivity contribution < 1.29 is 13.9 Å².